The Morgan fingerprint density at radius 3 is 2.58 bits per heavy atom. The van der Waals surface area contributed by atoms with E-state index < -0.39 is 0 Å². The molecule has 1 aromatic heterocycles. The third-order valence-corrected chi connectivity index (χ3v) is 5.00. The van der Waals surface area contributed by atoms with Crippen molar-refractivity contribution in [1.29, 1.82) is 0 Å². The lowest BCUT2D eigenvalue weighted by Gasteiger charge is -2.15. The summed E-state index contributed by atoms with van der Waals surface area (Å²) in [6.45, 7) is 4.69. The van der Waals surface area contributed by atoms with Gasteiger partial charge in [-0.2, -0.15) is 0 Å². The maximum absolute atomic E-state index is 12.4. The van der Waals surface area contributed by atoms with E-state index in [1.54, 1.807) is 6.07 Å². The van der Waals surface area contributed by atoms with Gasteiger partial charge in [0.05, 0.1) is 5.52 Å². The highest BCUT2D eigenvalue weighted by atomic mass is 16.3. The van der Waals surface area contributed by atoms with Crippen LogP contribution in [0.4, 0.5) is 4.79 Å². The van der Waals surface area contributed by atoms with Crippen LogP contribution in [0.15, 0.2) is 24.3 Å². The first kappa shape index (κ1) is 16.9. The topological polar surface area (TPSA) is 54.3 Å². The van der Waals surface area contributed by atoms with Crippen LogP contribution in [0.5, 0.6) is 5.88 Å². The number of carbonyl (C=O) groups excluding carboxylic acids is 1. The third kappa shape index (κ3) is 3.58. The van der Waals surface area contributed by atoms with Crippen molar-refractivity contribution in [3.8, 4) is 5.88 Å². The van der Waals surface area contributed by atoms with Gasteiger partial charge < -0.3 is 10.4 Å². The van der Waals surface area contributed by atoms with Crippen LogP contribution >= 0.6 is 0 Å². The van der Waals surface area contributed by atoms with Gasteiger partial charge in [-0.15, -0.1) is 0 Å². The fraction of sp³-hybridized carbons (Fsp3) is 0.550. The first-order chi connectivity index (χ1) is 11.6. The van der Waals surface area contributed by atoms with E-state index in [2.05, 4.69) is 17.4 Å². The molecule has 0 aliphatic heterocycles. The van der Waals surface area contributed by atoms with Crippen molar-refractivity contribution in [3.05, 3.63) is 29.8 Å². The number of hydrogen-bond acceptors (Lipinski definition) is 2. The Balaban J connectivity index is 1.87. The molecule has 1 saturated carbocycles. The zero-order valence-electron chi connectivity index (χ0n) is 14.7. The van der Waals surface area contributed by atoms with E-state index in [4.69, 9.17) is 0 Å². The van der Waals surface area contributed by atoms with Crippen LogP contribution in [-0.2, 0) is 0 Å². The second-order valence-corrected chi connectivity index (χ2v) is 7.42. The van der Waals surface area contributed by atoms with E-state index in [0.29, 0.717) is 18.4 Å². The molecule has 2 aromatic rings. The molecular formula is C20H28N2O2. The summed E-state index contributed by atoms with van der Waals surface area (Å²) in [4.78, 5) is 12.4. The minimum absolute atomic E-state index is 0.00396. The van der Waals surface area contributed by atoms with Crippen LogP contribution in [0.3, 0.4) is 0 Å². The van der Waals surface area contributed by atoms with Crippen molar-refractivity contribution in [2.24, 2.45) is 5.92 Å². The number of nitrogens with one attached hydrogen (secondary N) is 1. The van der Waals surface area contributed by atoms with E-state index in [0.717, 1.165) is 10.9 Å². The maximum Gasteiger partial charge on any atom is 0.328 e. The number of rotatable bonds is 3. The summed E-state index contributed by atoms with van der Waals surface area (Å²) in [5.41, 5.74) is 2.11. The van der Waals surface area contributed by atoms with E-state index in [9.17, 15) is 9.90 Å². The normalized spacial score (nSPS) is 16.5. The van der Waals surface area contributed by atoms with E-state index in [1.807, 2.05) is 19.9 Å². The molecule has 3 rings (SSSR count). The van der Waals surface area contributed by atoms with Gasteiger partial charge in [0.1, 0.15) is 0 Å². The Hall–Kier alpha value is -1.97. The molecule has 0 atom stereocenters. The first-order valence-corrected chi connectivity index (χ1v) is 9.19. The van der Waals surface area contributed by atoms with Gasteiger partial charge in [0.15, 0.2) is 5.88 Å². The molecule has 1 fully saturated rings. The average molecular weight is 328 g/mol. The van der Waals surface area contributed by atoms with E-state index in [1.165, 1.54) is 48.7 Å². The highest BCUT2D eigenvalue weighted by molar-refractivity contribution is 5.94. The summed E-state index contributed by atoms with van der Waals surface area (Å²) in [6.07, 6.45) is 7.76. The van der Waals surface area contributed by atoms with Gasteiger partial charge in [-0.05, 0) is 42.4 Å². The molecule has 1 aromatic carbocycles. The molecule has 1 aliphatic carbocycles. The lowest BCUT2D eigenvalue weighted by atomic mass is 9.91. The van der Waals surface area contributed by atoms with Crippen LogP contribution in [0, 0.1) is 5.92 Å². The quantitative estimate of drug-likeness (QED) is 0.779. The second-order valence-electron chi connectivity index (χ2n) is 7.42. The van der Waals surface area contributed by atoms with Gasteiger partial charge in [-0.25, -0.2) is 9.36 Å². The lowest BCUT2D eigenvalue weighted by molar-refractivity contribution is 0.239. The summed E-state index contributed by atoms with van der Waals surface area (Å²) >= 11 is 0. The van der Waals surface area contributed by atoms with Crippen molar-refractivity contribution >= 4 is 16.9 Å². The minimum Gasteiger partial charge on any atom is -0.494 e. The van der Waals surface area contributed by atoms with Gasteiger partial charge in [0.25, 0.3) is 0 Å². The standard InChI is InChI=1S/C20H28N2O2/c1-14(2)13-21-20(24)22-18-10-9-16(11-17(18)12-19(22)23)15-7-5-3-4-6-8-15/h9-12,14-15,23H,3-8,13H2,1-2H3,(H,21,24). The molecule has 130 valence electrons. The monoisotopic (exact) mass is 328 g/mol. The number of carbonyl (C=O) groups is 1. The predicted octanol–water partition coefficient (Wildman–Crippen LogP) is 5.00. The van der Waals surface area contributed by atoms with Crippen LogP contribution in [-0.4, -0.2) is 22.2 Å². The molecule has 0 radical (unpaired) electrons. The summed E-state index contributed by atoms with van der Waals surface area (Å²) in [6, 6.07) is 7.69. The Morgan fingerprint density at radius 1 is 1.21 bits per heavy atom. The molecule has 1 aliphatic rings. The molecule has 0 spiro atoms. The molecule has 4 heteroatoms. The largest absolute Gasteiger partial charge is 0.494 e. The van der Waals surface area contributed by atoms with Gasteiger partial charge in [0, 0.05) is 18.0 Å². The molecule has 1 heterocycles. The number of fused-ring (bicyclic) bond motifs is 1. The maximum atomic E-state index is 12.4. The fourth-order valence-electron chi connectivity index (χ4n) is 3.67. The molecule has 24 heavy (non-hydrogen) atoms. The Morgan fingerprint density at radius 2 is 1.92 bits per heavy atom. The minimum atomic E-state index is -0.265. The van der Waals surface area contributed by atoms with Crippen molar-refractivity contribution in [1.82, 2.24) is 9.88 Å². The predicted molar refractivity (Wildman–Crippen MR) is 97.7 cm³/mol. The molecular weight excluding hydrogens is 300 g/mol. The summed E-state index contributed by atoms with van der Waals surface area (Å²) < 4.78 is 1.37. The van der Waals surface area contributed by atoms with E-state index in [-0.39, 0.29) is 11.9 Å². The average Bonchev–Trinajstić information content (AvgIpc) is 2.73. The number of aromatic nitrogens is 1. The lowest BCUT2D eigenvalue weighted by Crippen LogP contribution is -2.31. The highest BCUT2D eigenvalue weighted by Crippen LogP contribution is 2.34. The van der Waals surface area contributed by atoms with Crippen LogP contribution < -0.4 is 5.32 Å². The van der Waals surface area contributed by atoms with Gasteiger partial charge in [-0.3, -0.25) is 0 Å². The van der Waals surface area contributed by atoms with Crippen molar-refractivity contribution < 1.29 is 9.90 Å². The summed E-state index contributed by atoms with van der Waals surface area (Å²) in [5, 5.41) is 14.0. The number of amides is 1. The Kier molecular flexibility index (Phi) is 5.12. The first-order valence-electron chi connectivity index (χ1n) is 9.19. The van der Waals surface area contributed by atoms with Crippen LogP contribution in [0.25, 0.3) is 10.9 Å². The summed E-state index contributed by atoms with van der Waals surface area (Å²) in [5.74, 6) is 0.987. The second kappa shape index (κ2) is 7.29. The smallest absolute Gasteiger partial charge is 0.328 e. The third-order valence-electron chi connectivity index (χ3n) is 5.00. The molecule has 2 N–H and O–H groups in total. The number of nitrogens with zero attached hydrogens (tertiary/aromatic N) is 1. The van der Waals surface area contributed by atoms with Crippen molar-refractivity contribution in [2.45, 2.75) is 58.3 Å². The molecule has 4 nitrogen and oxygen atoms in total. The van der Waals surface area contributed by atoms with Gasteiger partial charge in [0.2, 0.25) is 0 Å². The number of hydrogen-bond donors (Lipinski definition) is 2. The molecule has 0 saturated heterocycles. The van der Waals surface area contributed by atoms with Crippen LogP contribution in [0.2, 0.25) is 0 Å². The zero-order valence-corrected chi connectivity index (χ0v) is 14.7. The molecule has 1 amide bonds. The Bertz CT molecular complexity index is 710. The van der Waals surface area contributed by atoms with Crippen LogP contribution in [0.1, 0.15) is 63.9 Å². The zero-order chi connectivity index (χ0) is 17.1. The number of benzene rings is 1. The summed E-state index contributed by atoms with van der Waals surface area (Å²) in [7, 11) is 0. The SMILES string of the molecule is CC(C)CNC(=O)n1c(O)cc2cc(C3CCCCCC3)ccc21. The Labute approximate surface area is 143 Å². The van der Waals surface area contributed by atoms with Gasteiger partial charge >= 0.3 is 6.03 Å². The molecule has 0 unspecified atom stereocenters. The van der Waals surface area contributed by atoms with Crippen molar-refractivity contribution in [2.75, 3.05) is 6.54 Å². The van der Waals surface area contributed by atoms with Crippen molar-refractivity contribution in [3.63, 3.8) is 0 Å². The molecule has 0 bridgehead atoms. The fourth-order valence-corrected chi connectivity index (χ4v) is 3.67. The highest BCUT2D eigenvalue weighted by Gasteiger charge is 2.18. The van der Waals surface area contributed by atoms with E-state index >= 15 is 0 Å². The van der Waals surface area contributed by atoms with Gasteiger partial charge in [-0.1, -0.05) is 45.6 Å². The number of aromatic hydroxyl groups is 1.